The van der Waals surface area contributed by atoms with Crippen molar-refractivity contribution in [1.29, 1.82) is 0 Å². The van der Waals surface area contributed by atoms with E-state index >= 15 is 0 Å². The van der Waals surface area contributed by atoms with Gasteiger partial charge in [0.2, 0.25) is 0 Å². The standard InChI is InChI=1S/C6H12O2S/c1-4-6(3,7)5(2)9-8/h7H,4H2,1-3H3. The summed E-state index contributed by atoms with van der Waals surface area (Å²) in [6.07, 6.45) is 0.591. The molecule has 0 aromatic carbocycles. The third kappa shape index (κ3) is 2.28. The second-order valence-electron chi connectivity index (χ2n) is 2.27. The second kappa shape index (κ2) is 3.13. The number of rotatable bonds is 2. The molecule has 3 heteroatoms. The van der Waals surface area contributed by atoms with Gasteiger partial charge in [-0.15, -0.1) is 0 Å². The molecule has 0 aliphatic carbocycles. The Morgan fingerprint density at radius 2 is 2.22 bits per heavy atom. The van der Waals surface area contributed by atoms with Gasteiger partial charge >= 0.3 is 0 Å². The van der Waals surface area contributed by atoms with Gasteiger partial charge < -0.3 is 5.11 Å². The first-order valence-corrected chi connectivity index (χ1v) is 3.65. The van der Waals surface area contributed by atoms with Crippen molar-refractivity contribution in [2.75, 3.05) is 0 Å². The molecule has 0 fully saturated rings. The van der Waals surface area contributed by atoms with E-state index in [9.17, 15) is 9.32 Å². The summed E-state index contributed by atoms with van der Waals surface area (Å²) in [5.41, 5.74) is -0.883. The highest BCUT2D eigenvalue weighted by Gasteiger charge is 2.20. The zero-order chi connectivity index (χ0) is 7.49. The lowest BCUT2D eigenvalue weighted by atomic mass is 10.0. The van der Waals surface area contributed by atoms with Crippen molar-refractivity contribution in [2.24, 2.45) is 0 Å². The molecule has 0 amide bonds. The third-order valence-electron chi connectivity index (χ3n) is 1.57. The quantitative estimate of drug-likeness (QED) is 0.581. The number of hydrogen-bond donors (Lipinski definition) is 1. The van der Waals surface area contributed by atoms with E-state index in [1.165, 1.54) is 0 Å². The molecule has 0 aliphatic rings. The minimum atomic E-state index is -0.883. The van der Waals surface area contributed by atoms with Gasteiger partial charge in [0.1, 0.15) is 0 Å². The van der Waals surface area contributed by atoms with Crippen LogP contribution in [0.5, 0.6) is 0 Å². The van der Waals surface area contributed by atoms with E-state index in [-0.39, 0.29) is 0 Å². The van der Waals surface area contributed by atoms with Gasteiger partial charge in [0.25, 0.3) is 0 Å². The number of aliphatic hydroxyl groups is 1. The van der Waals surface area contributed by atoms with Crippen LogP contribution in [0.3, 0.4) is 0 Å². The fourth-order valence-electron chi connectivity index (χ4n) is 0.339. The van der Waals surface area contributed by atoms with E-state index in [0.717, 1.165) is 0 Å². The molecule has 1 N–H and O–H groups in total. The van der Waals surface area contributed by atoms with E-state index in [0.29, 0.717) is 22.5 Å². The summed E-state index contributed by atoms with van der Waals surface area (Å²) in [4.78, 5) is 0.532. The van der Waals surface area contributed by atoms with E-state index in [2.05, 4.69) is 0 Å². The molecule has 0 aromatic rings. The Morgan fingerprint density at radius 3 is 2.33 bits per heavy atom. The maximum absolute atomic E-state index is 10.2. The molecule has 0 aromatic heterocycles. The van der Waals surface area contributed by atoms with Gasteiger partial charge in [0.05, 0.1) is 21.7 Å². The molecule has 1 atom stereocenters. The maximum atomic E-state index is 10.2. The normalized spacial score (nSPS) is 16.4. The van der Waals surface area contributed by atoms with Crippen molar-refractivity contribution >= 4 is 16.1 Å². The molecule has 54 valence electrons. The van der Waals surface area contributed by atoms with Crippen LogP contribution >= 0.6 is 0 Å². The highest BCUT2D eigenvalue weighted by molar-refractivity contribution is 7.66. The number of hydrogen-bond acceptors (Lipinski definition) is 2. The molecule has 0 rings (SSSR count). The predicted octanol–water partition coefficient (Wildman–Crippen LogP) is 0.553. The second-order valence-corrected chi connectivity index (χ2v) is 3.05. The molecule has 0 spiro atoms. The summed E-state index contributed by atoms with van der Waals surface area (Å²) >= 11 is 0.373. The molecular weight excluding hydrogens is 136 g/mol. The first-order chi connectivity index (χ1) is 4.04. The van der Waals surface area contributed by atoms with Crippen LogP contribution in [0.1, 0.15) is 27.2 Å². The zero-order valence-electron chi connectivity index (χ0n) is 5.97. The summed E-state index contributed by atoms with van der Waals surface area (Å²) < 4.78 is 10.2. The third-order valence-corrected chi connectivity index (χ3v) is 2.26. The van der Waals surface area contributed by atoms with Crippen LogP contribution < -0.4 is 0 Å². The van der Waals surface area contributed by atoms with E-state index in [4.69, 9.17) is 0 Å². The lowest BCUT2D eigenvalue weighted by molar-refractivity contribution is 0.130. The molecule has 2 nitrogen and oxygen atoms in total. The van der Waals surface area contributed by atoms with E-state index in [1.807, 2.05) is 6.92 Å². The van der Waals surface area contributed by atoms with Gasteiger partial charge in [-0.2, -0.15) is 0 Å². The van der Waals surface area contributed by atoms with Crippen LogP contribution in [-0.2, 0) is 11.3 Å². The van der Waals surface area contributed by atoms with Crippen molar-refractivity contribution in [1.82, 2.24) is 0 Å². The molecule has 0 saturated heterocycles. The summed E-state index contributed by atoms with van der Waals surface area (Å²) in [7, 11) is 0. The monoisotopic (exact) mass is 148 g/mol. The fraction of sp³-hybridized carbons (Fsp3) is 0.833. The van der Waals surface area contributed by atoms with Crippen LogP contribution in [0, 0.1) is 0 Å². The Labute approximate surface area is 59.0 Å². The van der Waals surface area contributed by atoms with Crippen LogP contribution in [-0.4, -0.2) is 19.8 Å². The molecular formula is C6H12O2S. The van der Waals surface area contributed by atoms with Crippen LogP contribution in [0.25, 0.3) is 0 Å². The summed E-state index contributed by atoms with van der Waals surface area (Å²) in [5.74, 6) is 0. The smallest absolute Gasteiger partial charge is 0.0947 e. The minimum absolute atomic E-state index is 0.373. The molecule has 0 radical (unpaired) electrons. The average Bonchev–Trinajstić information content (AvgIpc) is 1.86. The first kappa shape index (κ1) is 8.85. The summed E-state index contributed by atoms with van der Waals surface area (Å²) in [6, 6.07) is 0. The lowest BCUT2D eigenvalue weighted by Crippen LogP contribution is -2.31. The fourth-order valence-corrected chi connectivity index (χ4v) is 0.663. The van der Waals surface area contributed by atoms with Gasteiger partial charge in [-0.25, -0.2) is 4.21 Å². The zero-order valence-corrected chi connectivity index (χ0v) is 6.79. The first-order valence-electron chi connectivity index (χ1n) is 2.91. The van der Waals surface area contributed by atoms with Crippen molar-refractivity contribution in [3.63, 3.8) is 0 Å². The van der Waals surface area contributed by atoms with E-state index in [1.54, 1.807) is 13.8 Å². The van der Waals surface area contributed by atoms with Crippen molar-refractivity contribution in [3.8, 4) is 0 Å². The highest BCUT2D eigenvalue weighted by Crippen LogP contribution is 2.08. The van der Waals surface area contributed by atoms with Gasteiger partial charge in [0.15, 0.2) is 0 Å². The average molecular weight is 148 g/mol. The molecule has 0 bridgehead atoms. The lowest BCUT2D eigenvalue weighted by Gasteiger charge is -2.18. The predicted molar refractivity (Wildman–Crippen MR) is 39.7 cm³/mol. The van der Waals surface area contributed by atoms with Gasteiger partial charge in [-0.05, 0) is 20.3 Å². The Bertz CT molecular complexity index is 145. The van der Waals surface area contributed by atoms with Crippen LogP contribution in [0.15, 0.2) is 0 Å². The molecule has 1 unspecified atom stereocenters. The van der Waals surface area contributed by atoms with Crippen LogP contribution in [0.2, 0.25) is 0 Å². The van der Waals surface area contributed by atoms with Crippen molar-refractivity contribution < 1.29 is 9.32 Å². The Hall–Kier alpha value is -0.150. The van der Waals surface area contributed by atoms with Gasteiger partial charge in [-0.3, -0.25) is 0 Å². The Kier molecular flexibility index (Phi) is 3.08. The Balaban J connectivity index is 4.33. The topological polar surface area (TPSA) is 37.3 Å². The minimum Gasteiger partial charge on any atom is -0.385 e. The van der Waals surface area contributed by atoms with Gasteiger partial charge in [0, 0.05) is 0 Å². The molecule has 0 aliphatic heterocycles. The van der Waals surface area contributed by atoms with Crippen molar-refractivity contribution in [3.05, 3.63) is 0 Å². The Morgan fingerprint density at radius 1 is 1.78 bits per heavy atom. The van der Waals surface area contributed by atoms with Gasteiger partial charge in [-0.1, -0.05) is 6.92 Å². The van der Waals surface area contributed by atoms with Crippen molar-refractivity contribution in [2.45, 2.75) is 32.8 Å². The summed E-state index contributed by atoms with van der Waals surface area (Å²) in [5, 5.41) is 9.33. The van der Waals surface area contributed by atoms with Crippen LogP contribution in [0.4, 0.5) is 0 Å². The highest BCUT2D eigenvalue weighted by atomic mass is 32.1. The largest absolute Gasteiger partial charge is 0.385 e. The molecule has 9 heavy (non-hydrogen) atoms. The van der Waals surface area contributed by atoms with E-state index < -0.39 is 5.60 Å². The SMILES string of the molecule is CCC(C)(O)C(C)=S=O. The molecule has 0 heterocycles. The molecule has 0 saturated carbocycles. The summed E-state index contributed by atoms with van der Waals surface area (Å²) in [6.45, 7) is 5.15. The maximum Gasteiger partial charge on any atom is 0.0947 e.